The Morgan fingerprint density at radius 3 is 2.58 bits per heavy atom. The highest BCUT2D eigenvalue weighted by Crippen LogP contribution is 2.33. The first-order valence-corrected chi connectivity index (χ1v) is 9.79. The van der Waals surface area contributed by atoms with E-state index in [1.165, 1.54) is 11.3 Å². The van der Waals surface area contributed by atoms with Crippen LogP contribution in [-0.4, -0.2) is 30.2 Å². The molecule has 0 aliphatic heterocycles. The molecule has 2 aromatic rings. The molecule has 1 aromatic heterocycles. The summed E-state index contributed by atoms with van der Waals surface area (Å²) in [5.74, 6) is 2.43. The molecule has 0 fully saturated rings. The molecule has 0 amide bonds. The molecule has 0 radical (unpaired) electrons. The monoisotopic (exact) mass is 374 g/mol. The zero-order valence-corrected chi connectivity index (χ0v) is 16.6. The number of aromatic nitrogens is 2. The van der Waals surface area contributed by atoms with E-state index >= 15 is 0 Å². The first-order valence-electron chi connectivity index (χ1n) is 9.41. The Balaban J connectivity index is 1.94. The van der Waals surface area contributed by atoms with Gasteiger partial charge < -0.3 is 15.0 Å². The summed E-state index contributed by atoms with van der Waals surface area (Å²) in [5, 5.41) is 3.89. The van der Waals surface area contributed by atoms with Crippen molar-refractivity contribution in [1.82, 2.24) is 9.97 Å². The zero-order valence-electron chi connectivity index (χ0n) is 15.8. The lowest BCUT2D eigenvalue weighted by molar-refractivity contribution is 0.415. The molecule has 0 bridgehead atoms. The molecule has 1 aliphatic rings. The first kappa shape index (κ1) is 18.8. The summed E-state index contributed by atoms with van der Waals surface area (Å²) in [7, 11) is 1.63. The van der Waals surface area contributed by atoms with Crippen LogP contribution in [0.25, 0.3) is 0 Å². The molecular formula is C20H27ClN4O. The van der Waals surface area contributed by atoms with E-state index in [2.05, 4.69) is 24.1 Å². The Bertz CT molecular complexity index is 760. The van der Waals surface area contributed by atoms with Gasteiger partial charge in [0.15, 0.2) is 0 Å². The van der Waals surface area contributed by atoms with Gasteiger partial charge in [-0.05, 0) is 44.2 Å². The number of nitrogens with zero attached hydrogens (tertiary/aromatic N) is 3. The molecule has 1 aliphatic carbocycles. The highest BCUT2D eigenvalue weighted by Gasteiger charge is 2.22. The predicted molar refractivity (Wildman–Crippen MR) is 108 cm³/mol. The van der Waals surface area contributed by atoms with Crippen LogP contribution < -0.4 is 15.0 Å². The number of halogens is 1. The Kier molecular flexibility index (Phi) is 6.20. The van der Waals surface area contributed by atoms with Crippen molar-refractivity contribution in [3.63, 3.8) is 0 Å². The van der Waals surface area contributed by atoms with Crippen molar-refractivity contribution in [2.24, 2.45) is 0 Å². The molecule has 0 saturated carbocycles. The number of fused-ring (bicyclic) bond motifs is 1. The lowest BCUT2D eigenvalue weighted by Gasteiger charge is -2.25. The smallest absolute Gasteiger partial charge is 0.229 e. The van der Waals surface area contributed by atoms with E-state index < -0.39 is 0 Å². The third-order valence-electron chi connectivity index (χ3n) is 4.62. The lowest BCUT2D eigenvalue weighted by atomic mass is 10.2. The zero-order chi connectivity index (χ0) is 18.5. The van der Waals surface area contributed by atoms with E-state index in [0.29, 0.717) is 11.0 Å². The number of hydrogen-bond acceptors (Lipinski definition) is 5. The van der Waals surface area contributed by atoms with Gasteiger partial charge in [-0.2, -0.15) is 4.98 Å². The summed E-state index contributed by atoms with van der Waals surface area (Å²) < 4.78 is 5.21. The molecule has 5 nitrogen and oxygen atoms in total. The molecule has 140 valence electrons. The molecule has 1 aromatic carbocycles. The Labute approximate surface area is 160 Å². The van der Waals surface area contributed by atoms with E-state index in [-0.39, 0.29) is 0 Å². The molecule has 26 heavy (non-hydrogen) atoms. The van der Waals surface area contributed by atoms with Gasteiger partial charge >= 0.3 is 0 Å². The molecule has 6 heteroatoms. The topological polar surface area (TPSA) is 50.3 Å². The van der Waals surface area contributed by atoms with Crippen molar-refractivity contribution in [2.75, 3.05) is 30.4 Å². The normalized spacial score (nSPS) is 12.8. The summed E-state index contributed by atoms with van der Waals surface area (Å²) in [4.78, 5) is 12.0. The van der Waals surface area contributed by atoms with Crippen LogP contribution in [0.5, 0.6) is 5.75 Å². The van der Waals surface area contributed by atoms with Crippen molar-refractivity contribution < 1.29 is 4.74 Å². The Morgan fingerprint density at radius 1 is 1.15 bits per heavy atom. The third kappa shape index (κ3) is 4.04. The average Bonchev–Trinajstić information content (AvgIpc) is 3.11. The van der Waals surface area contributed by atoms with E-state index in [1.54, 1.807) is 13.2 Å². The van der Waals surface area contributed by atoms with Crippen LogP contribution in [-0.2, 0) is 12.8 Å². The van der Waals surface area contributed by atoms with Crippen LogP contribution in [0.2, 0.25) is 5.02 Å². The van der Waals surface area contributed by atoms with Crippen LogP contribution in [0.4, 0.5) is 17.5 Å². The quantitative estimate of drug-likeness (QED) is 0.704. The molecule has 1 heterocycles. The van der Waals surface area contributed by atoms with Gasteiger partial charge in [-0.15, -0.1) is 0 Å². The number of ether oxygens (including phenoxy) is 1. The molecule has 0 unspecified atom stereocenters. The summed E-state index contributed by atoms with van der Waals surface area (Å²) in [6, 6.07) is 5.56. The van der Waals surface area contributed by atoms with E-state index in [0.717, 1.165) is 62.4 Å². The van der Waals surface area contributed by atoms with Crippen molar-refractivity contribution >= 4 is 29.1 Å². The number of hydrogen-bond donors (Lipinski definition) is 1. The van der Waals surface area contributed by atoms with E-state index in [4.69, 9.17) is 26.3 Å². The fourth-order valence-electron chi connectivity index (χ4n) is 3.44. The van der Waals surface area contributed by atoms with Crippen molar-refractivity contribution in [3.05, 3.63) is 34.5 Å². The molecule has 0 spiro atoms. The highest BCUT2D eigenvalue weighted by molar-refractivity contribution is 6.33. The first-order chi connectivity index (χ1) is 12.7. The summed E-state index contributed by atoms with van der Waals surface area (Å²) >= 11 is 6.37. The third-order valence-corrected chi connectivity index (χ3v) is 4.93. The number of anilines is 3. The van der Waals surface area contributed by atoms with Crippen LogP contribution in [0.1, 0.15) is 44.4 Å². The Hall–Kier alpha value is -2.01. The SMILES string of the molecule is CCCN(CCC)c1nc(Nc2ccc(OC)cc2Cl)nc2c1CCC2. The molecule has 3 rings (SSSR count). The van der Waals surface area contributed by atoms with Crippen molar-refractivity contribution in [1.29, 1.82) is 0 Å². The van der Waals surface area contributed by atoms with Crippen molar-refractivity contribution in [3.8, 4) is 5.75 Å². The number of methoxy groups -OCH3 is 1. The second-order valence-corrected chi connectivity index (χ2v) is 7.01. The van der Waals surface area contributed by atoms with Crippen LogP contribution in [0.15, 0.2) is 18.2 Å². The van der Waals surface area contributed by atoms with Gasteiger partial charge in [0.05, 0.1) is 23.5 Å². The van der Waals surface area contributed by atoms with Crippen molar-refractivity contribution in [2.45, 2.75) is 46.0 Å². The van der Waals surface area contributed by atoms with Gasteiger partial charge in [-0.3, -0.25) is 0 Å². The maximum absolute atomic E-state index is 6.37. The molecular weight excluding hydrogens is 348 g/mol. The minimum atomic E-state index is 0.592. The van der Waals surface area contributed by atoms with Crippen LogP contribution in [0, 0.1) is 0 Å². The fourth-order valence-corrected chi connectivity index (χ4v) is 3.66. The van der Waals surface area contributed by atoms with Gasteiger partial charge in [0.1, 0.15) is 11.6 Å². The molecule has 0 saturated heterocycles. The number of aryl methyl sites for hydroxylation is 1. The van der Waals surface area contributed by atoms with E-state index in [1.807, 2.05) is 12.1 Å². The summed E-state index contributed by atoms with van der Waals surface area (Å²) in [6.45, 7) is 6.45. The number of nitrogens with one attached hydrogen (secondary N) is 1. The minimum Gasteiger partial charge on any atom is -0.497 e. The fraction of sp³-hybridized carbons (Fsp3) is 0.500. The maximum Gasteiger partial charge on any atom is 0.229 e. The summed E-state index contributed by atoms with van der Waals surface area (Å²) in [6.07, 6.45) is 5.44. The standard InChI is InChI=1S/C20H27ClN4O/c1-4-11-25(12-5-2)19-15-7-6-8-17(15)22-20(24-19)23-18-10-9-14(26-3)13-16(18)21/h9-10,13H,4-8,11-12H2,1-3H3,(H,22,23,24). The second kappa shape index (κ2) is 8.58. The molecule has 1 N–H and O–H groups in total. The van der Waals surface area contributed by atoms with Crippen LogP contribution >= 0.6 is 11.6 Å². The highest BCUT2D eigenvalue weighted by atomic mass is 35.5. The average molecular weight is 375 g/mol. The van der Waals surface area contributed by atoms with Gasteiger partial charge in [-0.25, -0.2) is 4.98 Å². The van der Waals surface area contributed by atoms with E-state index in [9.17, 15) is 0 Å². The van der Waals surface area contributed by atoms with Gasteiger partial charge in [0.25, 0.3) is 0 Å². The van der Waals surface area contributed by atoms with Crippen LogP contribution in [0.3, 0.4) is 0 Å². The summed E-state index contributed by atoms with van der Waals surface area (Å²) in [5.41, 5.74) is 3.27. The second-order valence-electron chi connectivity index (χ2n) is 6.61. The lowest BCUT2D eigenvalue weighted by Crippen LogP contribution is -2.27. The van der Waals surface area contributed by atoms with Gasteiger partial charge in [0.2, 0.25) is 5.95 Å². The molecule has 0 atom stereocenters. The minimum absolute atomic E-state index is 0.592. The Morgan fingerprint density at radius 2 is 1.92 bits per heavy atom. The van der Waals surface area contributed by atoms with Gasteiger partial charge in [0, 0.05) is 24.7 Å². The van der Waals surface area contributed by atoms with Gasteiger partial charge in [-0.1, -0.05) is 25.4 Å². The largest absolute Gasteiger partial charge is 0.497 e. The predicted octanol–water partition coefficient (Wildman–Crippen LogP) is 5.00. The number of rotatable bonds is 8. The number of benzene rings is 1. The maximum atomic E-state index is 6.37.